The zero-order chi connectivity index (χ0) is 18.2. The minimum absolute atomic E-state index is 0.0906. The third kappa shape index (κ3) is 5.31. The van der Waals surface area contributed by atoms with Crippen LogP contribution in [0.15, 0.2) is 54.6 Å². The number of carbonyl (C=O) groups is 2. The van der Waals surface area contributed by atoms with Crippen molar-refractivity contribution in [2.75, 3.05) is 6.54 Å². The molecule has 25 heavy (non-hydrogen) atoms. The molecule has 0 aliphatic heterocycles. The molecule has 0 radical (unpaired) electrons. The summed E-state index contributed by atoms with van der Waals surface area (Å²) in [5.41, 5.74) is 1.13. The molecule has 2 aromatic rings. The molecule has 0 spiro atoms. The number of carbonyl (C=O) groups excluding carboxylic acids is 1. The lowest BCUT2D eigenvalue weighted by Crippen LogP contribution is -2.36. The molecular formula is C19H20FNO4. The van der Waals surface area contributed by atoms with E-state index in [0.29, 0.717) is 5.56 Å². The summed E-state index contributed by atoms with van der Waals surface area (Å²) in [4.78, 5) is 23.3. The van der Waals surface area contributed by atoms with Crippen LogP contribution < -0.4 is 5.32 Å². The number of amides is 1. The maximum atomic E-state index is 13.9. The van der Waals surface area contributed by atoms with E-state index in [1.807, 2.05) is 30.3 Å². The number of benzene rings is 2. The molecule has 2 rings (SSSR count). The SMILES string of the molecule is C[C@@H](c1ccccc1F)[C@@H](CNC(=O)OCc1ccccc1)C(=O)O. The van der Waals surface area contributed by atoms with E-state index in [1.165, 1.54) is 6.07 Å². The van der Waals surface area contributed by atoms with E-state index in [0.717, 1.165) is 5.56 Å². The number of rotatable bonds is 7. The Bertz CT molecular complexity index is 720. The summed E-state index contributed by atoms with van der Waals surface area (Å²) in [6.45, 7) is 1.56. The molecule has 6 heteroatoms. The number of carboxylic acid groups (broad SMARTS) is 1. The second kappa shape index (κ2) is 8.82. The van der Waals surface area contributed by atoms with Crippen molar-refractivity contribution in [2.45, 2.75) is 19.4 Å². The number of aliphatic carboxylic acids is 1. The van der Waals surface area contributed by atoms with E-state index in [1.54, 1.807) is 25.1 Å². The predicted octanol–water partition coefficient (Wildman–Crippen LogP) is 3.56. The van der Waals surface area contributed by atoms with Crippen LogP contribution in [0.4, 0.5) is 9.18 Å². The van der Waals surface area contributed by atoms with Crippen LogP contribution in [0, 0.1) is 11.7 Å². The van der Waals surface area contributed by atoms with Gasteiger partial charge in [-0.05, 0) is 23.1 Å². The zero-order valence-electron chi connectivity index (χ0n) is 13.8. The average molecular weight is 345 g/mol. The predicted molar refractivity (Wildman–Crippen MR) is 90.6 cm³/mol. The van der Waals surface area contributed by atoms with Gasteiger partial charge in [-0.3, -0.25) is 4.79 Å². The summed E-state index contributed by atoms with van der Waals surface area (Å²) in [5.74, 6) is -3.15. The van der Waals surface area contributed by atoms with Crippen molar-refractivity contribution in [1.29, 1.82) is 0 Å². The van der Waals surface area contributed by atoms with Gasteiger partial charge in [-0.15, -0.1) is 0 Å². The number of alkyl carbamates (subject to hydrolysis) is 1. The van der Waals surface area contributed by atoms with Gasteiger partial charge < -0.3 is 15.2 Å². The minimum atomic E-state index is -1.11. The molecule has 0 heterocycles. The Morgan fingerprint density at radius 2 is 1.76 bits per heavy atom. The monoisotopic (exact) mass is 345 g/mol. The highest BCUT2D eigenvalue weighted by atomic mass is 19.1. The van der Waals surface area contributed by atoms with Gasteiger partial charge in [0.1, 0.15) is 12.4 Å². The van der Waals surface area contributed by atoms with Crippen LogP contribution in [-0.2, 0) is 16.1 Å². The fraction of sp³-hybridized carbons (Fsp3) is 0.263. The van der Waals surface area contributed by atoms with Crippen molar-refractivity contribution >= 4 is 12.1 Å². The summed E-state index contributed by atoms with van der Waals surface area (Å²) >= 11 is 0. The molecule has 0 bridgehead atoms. The van der Waals surface area contributed by atoms with Crippen LogP contribution in [0.2, 0.25) is 0 Å². The summed E-state index contributed by atoms with van der Waals surface area (Å²) < 4.78 is 18.9. The number of carboxylic acids is 1. The van der Waals surface area contributed by atoms with Gasteiger partial charge in [0.2, 0.25) is 0 Å². The molecule has 0 fully saturated rings. The second-order valence-electron chi connectivity index (χ2n) is 5.70. The maximum Gasteiger partial charge on any atom is 0.407 e. The molecule has 1 amide bonds. The Kier molecular flexibility index (Phi) is 6.51. The molecule has 0 unspecified atom stereocenters. The standard InChI is InChI=1S/C19H20FNO4/c1-13(15-9-5-6-10-17(15)20)16(18(22)23)11-21-19(24)25-12-14-7-3-2-4-8-14/h2-10,13,16H,11-12H2,1H3,(H,21,24)(H,22,23)/t13-,16+/m0/s1. The van der Waals surface area contributed by atoms with Gasteiger partial charge in [0.05, 0.1) is 5.92 Å². The molecule has 2 N–H and O–H groups in total. The largest absolute Gasteiger partial charge is 0.481 e. The highest BCUT2D eigenvalue weighted by Gasteiger charge is 2.28. The number of hydrogen-bond donors (Lipinski definition) is 2. The average Bonchev–Trinajstić information content (AvgIpc) is 2.61. The first kappa shape index (κ1) is 18.4. The van der Waals surface area contributed by atoms with Crippen LogP contribution in [0.25, 0.3) is 0 Å². The van der Waals surface area contributed by atoms with Crippen molar-refractivity contribution in [1.82, 2.24) is 5.32 Å². The smallest absolute Gasteiger partial charge is 0.407 e. The summed E-state index contributed by atoms with van der Waals surface area (Å²) in [7, 11) is 0. The van der Waals surface area contributed by atoms with Gasteiger partial charge in [-0.25, -0.2) is 9.18 Å². The molecule has 0 aliphatic carbocycles. The Hall–Kier alpha value is -2.89. The van der Waals surface area contributed by atoms with Crippen LogP contribution in [0.5, 0.6) is 0 Å². The fourth-order valence-corrected chi connectivity index (χ4v) is 2.51. The number of nitrogens with one attached hydrogen (secondary N) is 1. The van der Waals surface area contributed by atoms with Gasteiger partial charge in [0.15, 0.2) is 0 Å². The zero-order valence-corrected chi connectivity index (χ0v) is 13.8. The third-order valence-corrected chi connectivity index (χ3v) is 4.00. The lowest BCUT2D eigenvalue weighted by molar-refractivity contribution is -0.142. The summed E-state index contributed by atoms with van der Waals surface area (Å²) in [6, 6.07) is 15.2. The fourth-order valence-electron chi connectivity index (χ4n) is 2.51. The van der Waals surface area contributed by atoms with Crippen LogP contribution in [0.3, 0.4) is 0 Å². The Morgan fingerprint density at radius 3 is 2.40 bits per heavy atom. The Balaban J connectivity index is 1.92. The molecule has 0 saturated carbocycles. The van der Waals surface area contributed by atoms with Crippen LogP contribution in [0.1, 0.15) is 24.0 Å². The Morgan fingerprint density at radius 1 is 1.12 bits per heavy atom. The van der Waals surface area contributed by atoms with Crippen LogP contribution >= 0.6 is 0 Å². The van der Waals surface area contributed by atoms with E-state index in [4.69, 9.17) is 4.74 Å². The van der Waals surface area contributed by atoms with E-state index >= 15 is 0 Å². The number of hydrogen-bond acceptors (Lipinski definition) is 3. The van der Waals surface area contributed by atoms with E-state index in [-0.39, 0.29) is 13.2 Å². The molecular weight excluding hydrogens is 325 g/mol. The topological polar surface area (TPSA) is 75.6 Å². The van der Waals surface area contributed by atoms with Gasteiger partial charge in [0.25, 0.3) is 0 Å². The van der Waals surface area contributed by atoms with Crippen molar-refractivity contribution in [3.8, 4) is 0 Å². The molecule has 2 atom stereocenters. The van der Waals surface area contributed by atoms with Gasteiger partial charge in [0, 0.05) is 6.54 Å². The molecule has 0 saturated heterocycles. The van der Waals surface area contributed by atoms with Crippen molar-refractivity contribution in [3.05, 3.63) is 71.5 Å². The summed E-state index contributed by atoms with van der Waals surface area (Å²) in [6.07, 6.45) is -0.712. The summed E-state index contributed by atoms with van der Waals surface area (Å²) in [5, 5.41) is 11.8. The second-order valence-corrected chi connectivity index (χ2v) is 5.70. The van der Waals surface area contributed by atoms with Crippen molar-refractivity contribution < 1.29 is 23.8 Å². The first-order valence-electron chi connectivity index (χ1n) is 7.91. The van der Waals surface area contributed by atoms with E-state index < -0.39 is 29.7 Å². The molecule has 0 aromatic heterocycles. The highest BCUT2D eigenvalue weighted by Crippen LogP contribution is 2.26. The molecule has 2 aromatic carbocycles. The van der Waals surface area contributed by atoms with E-state index in [2.05, 4.69) is 5.32 Å². The minimum Gasteiger partial charge on any atom is -0.481 e. The van der Waals surface area contributed by atoms with Gasteiger partial charge in [-0.2, -0.15) is 0 Å². The van der Waals surface area contributed by atoms with Crippen molar-refractivity contribution in [2.24, 2.45) is 5.92 Å². The first-order chi connectivity index (χ1) is 12.0. The highest BCUT2D eigenvalue weighted by molar-refractivity contribution is 5.73. The van der Waals surface area contributed by atoms with Crippen LogP contribution in [-0.4, -0.2) is 23.7 Å². The Labute approximate surface area is 145 Å². The number of halogens is 1. The normalized spacial score (nSPS) is 12.9. The van der Waals surface area contributed by atoms with Gasteiger partial charge >= 0.3 is 12.1 Å². The molecule has 0 aliphatic rings. The lowest BCUT2D eigenvalue weighted by Gasteiger charge is -2.21. The van der Waals surface area contributed by atoms with E-state index in [9.17, 15) is 19.1 Å². The maximum absolute atomic E-state index is 13.9. The number of ether oxygens (including phenoxy) is 1. The molecule has 132 valence electrons. The first-order valence-corrected chi connectivity index (χ1v) is 7.91. The third-order valence-electron chi connectivity index (χ3n) is 4.00. The lowest BCUT2D eigenvalue weighted by atomic mass is 9.87. The van der Waals surface area contributed by atoms with Crippen molar-refractivity contribution in [3.63, 3.8) is 0 Å². The quantitative estimate of drug-likeness (QED) is 0.804. The molecule has 5 nitrogen and oxygen atoms in total. The van der Waals surface area contributed by atoms with Gasteiger partial charge in [-0.1, -0.05) is 55.5 Å².